The number of hydrogen-bond donors (Lipinski definition) is 0. The highest BCUT2D eigenvalue weighted by Gasteiger charge is 2.48. The third-order valence-corrected chi connectivity index (χ3v) is 4.89. The number of allylic oxidation sites excluding steroid dienone is 4. The van der Waals surface area contributed by atoms with E-state index in [-0.39, 0.29) is 5.41 Å². The first-order chi connectivity index (χ1) is 9.06. The Labute approximate surface area is 116 Å². The number of benzene rings is 1. The van der Waals surface area contributed by atoms with Crippen LogP contribution in [0.3, 0.4) is 0 Å². The minimum Gasteiger partial charge on any atom is -0.0956 e. The molecule has 0 aromatic heterocycles. The Bertz CT molecular complexity index is 580. The molecule has 0 aliphatic heterocycles. The summed E-state index contributed by atoms with van der Waals surface area (Å²) in [7, 11) is 0. The molecule has 0 heterocycles. The Morgan fingerprint density at radius 2 is 1.95 bits per heavy atom. The second-order valence-corrected chi connectivity index (χ2v) is 6.25. The highest BCUT2D eigenvalue weighted by atomic mass is 14.5. The van der Waals surface area contributed by atoms with E-state index in [9.17, 15) is 0 Å². The van der Waals surface area contributed by atoms with E-state index < -0.39 is 0 Å². The molecular formula is C19H22. The maximum Gasteiger partial charge on any atom is 0.0215 e. The Balaban J connectivity index is 2.13. The van der Waals surface area contributed by atoms with Crippen LogP contribution in [0.4, 0.5) is 0 Å². The molecule has 2 aliphatic carbocycles. The summed E-state index contributed by atoms with van der Waals surface area (Å²) in [5.41, 5.74) is 6.97. The molecule has 1 spiro atoms. The van der Waals surface area contributed by atoms with E-state index in [1.54, 1.807) is 0 Å². The third kappa shape index (κ3) is 1.66. The Morgan fingerprint density at radius 3 is 2.53 bits per heavy atom. The number of rotatable bonds is 2. The normalized spacial score (nSPS) is 21.8. The maximum atomic E-state index is 4.36. The van der Waals surface area contributed by atoms with Crippen molar-refractivity contribution in [2.24, 2.45) is 5.92 Å². The van der Waals surface area contributed by atoms with Crippen LogP contribution in [0, 0.1) is 5.92 Å². The van der Waals surface area contributed by atoms with Crippen molar-refractivity contribution < 1.29 is 0 Å². The molecule has 0 radical (unpaired) electrons. The zero-order chi connectivity index (χ0) is 13.6. The molecule has 0 heteroatoms. The standard InChI is InChI=1S/C19H22/c1-13(2)14(3)12-18-15(4)16-8-5-6-9-17(16)19(18)10-7-11-19/h5-6,8-9,12-13H,3-4,7,10-11H2,1-2H3/b18-12+. The number of fused-ring (bicyclic) bond motifs is 2. The van der Waals surface area contributed by atoms with Gasteiger partial charge in [-0.05, 0) is 41.0 Å². The van der Waals surface area contributed by atoms with Crippen molar-refractivity contribution in [3.8, 4) is 0 Å². The summed E-state index contributed by atoms with van der Waals surface area (Å²) in [5, 5.41) is 0. The van der Waals surface area contributed by atoms with Gasteiger partial charge >= 0.3 is 0 Å². The van der Waals surface area contributed by atoms with Crippen LogP contribution >= 0.6 is 0 Å². The van der Waals surface area contributed by atoms with Crippen LogP contribution in [0.2, 0.25) is 0 Å². The highest BCUT2D eigenvalue weighted by Crippen LogP contribution is 2.59. The maximum absolute atomic E-state index is 4.36. The van der Waals surface area contributed by atoms with Crippen molar-refractivity contribution >= 4 is 5.57 Å². The molecule has 0 amide bonds. The van der Waals surface area contributed by atoms with Gasteiger partial charge in [-0.3, -0.25) is 0 Å². The molecule has 0 unspecified atom stereocenters. The molecule has 0 atom stereocenters. The summed E-state index contributed by atoms with van der Waals surface area (Å²) in [6.07, 6.45) is 6.17. The van der Waals surface area contributed by atoms with E-state index in [2.05, 4.69) is 57.3 Å². The van der Waals surface area contributed by atoms with Crippen molar-refractivity contribution in [1.29, 1.82) is 0 Å². The van der Waals surface area contributed by atoms with E-state index in [1.165, 1.54) is 47.1 Å². The lowest BCUT2D eigenvalue weighted by Crippen LogP contribution is -2.33. The number of hydrogen-bond acceptors (Lipinski definition) is 0. The SMILES string of the molecule is C=C1/C(=C\C(=C)C(C)C)C2(CCC2)c2ccccc21. The van der Waals surface area contributed by atoms with Crippen LogP contribution < -0.4 is 0 Å². The van der Waals surface area contributed by atoms with Gasteiger partial charge in [0.05, 0.1) is 0 Å². The predicted molar refractivity (Wildman–Crippen MR) is 83.1 cm³/mol. The molecule has 1 saturated carbocycles. The van der Waals surface area contributed by atoms with Crippen molar-refractivity contribution in [3.05, 3.63) is 65.8 Å². The fraction of sp³-hybridized carbons (Fsp3) is 0.368. The largest absolute Gasteiger partial charge is 0.0956 e. The molecule has 1 aromatic carbocycles. The molecule has 2 aliphatic rings. The summed E-state index contributed by atoms with van der Waals surface area (Å²) >= 11 is 0. The molecule has 0 N–H and O–H groups in total. The fourth-order valence-corrected chi connectivity index (χ4v) is 3.39. The summed E-state index contributed by atoms with van der Waals surface area (Å²) < 4.78 is 0. The lowest BCUT2D eigenvalue weighted by molar-refractivity contribution is 0.308. The molecule has 0 saturated heterocycles. The third-order valence-electron chi connectivity index (χ3n) is 4.89. The smallest absolute Gasteiger partial charge is 0.0215 e. The van der Waals surface area contributed by atoms with Gasteiger partial charge in [-0.25, -0.2) is 0 Å². The minimum absolute atomic E-state index is 0.255. The lowest BCUT2D eigenvalue weighted by atomic mass is 9.62. The Morgan fingerprint density at radius 1 is 1.26 bits per heavy atom. The van der Waals surface area contributed by atoms with E-state index in [1.807, 2.05) is 0 Å². The van der Waals surface area contributed by atoms with Crippen LogP contribution in [0.25, 0.3) is 5.57 Å². The molecule has 19 heavy (non-hydrogen) atoms. The van der Waals surface area contributed by atoms with Gasteiger partial charge in [0.25, 0.3) is 0 Å². The Hall–Kier alpha value is -1.56. The van der Waals surface area contributed by atoms with Crippen LogP contribution in [-0.2, 0) is 5.41 Å². The van der Waals surface area contributed by atoms with Crippen molar-refractivity contribution in [2.45, 2.75) is 38.5 Å². The van der Waals surface area contributed by atoms with Gasteiger partial charge in [-0.15, -0.1) is 0 Å². The van der Waals surface area contributed by atoms with Crippen molar-refractivity contribution in [1.82, 2.24) is 0 Å². The first kappa shape index (κ1) is 12.5. The first-order valence-electron chi connectivity index (χ1n) is 7.26. The zero-order valence-electron chi connectivity index (χ0n) is 12.0. The van der Waals surface area contributed by atoms with E-state index >= 15 is 0 Å². The first-order valence-corrected chi connectivity index (χ1v) is 7.26. The minimum atomic E-state index is 0.255. The second kappa shape index (κ2) is 4.23. The van der Waals surface area contributed by atoms with Gasteiger partial charge in [0, 0.05) is 5.41 Å². The average molecular weight is 250 g/mol. The molecule has 0 nitrogen and oxygen atoms in total. The second-order valence-electron chi connectivity index (χ2n) is 6.25. The zero-order valence-corrected chi connectivity index (χ0v) is 12.0. The van der Waals surface area contributed by atoms with Gasteiger partial charge in [0.15, 0.2) is 0 Å². The van der Waals surface area contributed by atoms with Gasteiger partial charge < -0.3 is 0 Å². The lowest BCUT2D eigenvalue weighted by Gasteiger charge is -2.41. The van der Waals surface area contributed by atoms with Gasteiger partial charge in [-0.2, -0.15) is 0 Å². The summed E-state index contributed by atoms with van der Waals surface area (Å²) in [6, 6.07) is 8.79. The average Bonchev–Trinajstić information content (AvgIpc) is 2.59. The van der Waals surface area contributed by atoms with Crippen LogP contribution in [0.5, 0.6) is 0 Å². The molecular weight excluding hydrogens is 228 g/mol. The van der Waals surface area contributed by atoms with Crippen molar-refractivity contribution in [2.75, 3.05) is 0 Å². The topological polar surface area (TPSA) is 0 Å². The van der Waals surface area contributed by atoms with Gasteiger partial charge in [0.1, 0.15) is 0 Å². The van der Waals surface area contributed by atoms with Gasteiger partial charge in [0.2, 0.25) is 0 Å². The van der Waals surface area contributed by atoms with E-state index in [0.29, 0.717) is 5.92 Å². The van der Waals surface area contributed by atoms with Crippen LogP contribution in [0.1, 0.15) is 44.2 Å². The van der Waals surface area contributed by atoms with E-state index in [0.717, 1.165) is 0 Å². The molecule has 0 bridgehead atoms. The Kier molecular flexibility index (Phi) is 2.78. The summed E-state index contributed by atoms with van der Waals surface area (Å²) in [4.78, 5) is 0. The monoisotopic (exact) mass is 250 g/mol. The van der Waals surface area contributed by atoms with Crippen LogP contribution in [0.15, 0.2) is 54.6 Å². The highest BCUT2D eigenvalue weighted by molar-refractivity contribution is 5.89. The molecule has 1 fully saturated rings. The quantitative estimate of drug-likeness (QED) is 0.670. The van der Waals surface area contributed by atoms with Crippen molar-refractivity contribution in [3.63, 3.8) is 0 Å². The molecule has 1 aromatic rings. The fourth-order valence-electron chi connectivity index (χ4n) is 3.39. The summed E-state index contributed by atoms with van der Waals surface area (Å²) in [6.45, 7) is 13.0. The molecule has 98 valence electrons. The molecule has 3 rings (SSSR count). The van der Waals surface area contributed by atoms with Crippen LogP contribution in [-0.4, -0.2) is 0 Å². The predicted octanol–water partition coefficient (Wildman–Crippen LogP) is 5.27. The van der Waals surface area contributed by atoms with Gasteiger partial charge in [-0.1, -0.05) is 69.3 Å². The van der Waals surface area contributed by atoms with E-state index in [4.69, 9.17) is 0 Å². The summed E-state index contributed by atoms with van der Waals surface area (Å²) in [5.74, 6) is 0.501.